The second-order valence-corrected chi connectivity index (χ2v) is 7.59. The van der Waals surface area contributed by atoms with Crippen LogP contribution in [0.3, 0.4) is 0 Å². The molecule has 3 heteroatoms. The Morgan fingerprint density at radius 1 is 1.37 bits per heavy atom. The quantitative estimate of drug-likeness (QED) is 0.275. The van der Waals surface area contributed by atoms with E-state index in [1.165, 1.54) is 18.4 Å². The van der Waals surface area contributed by atoms with Gasteiger partial charge < -0.3 is 0 Å². The third-order valence-electron chi connectivity index (χ3n) is 3.25. The largest absolute Gasteiger partial charge is 0.270 e. The van der Waals surface area contributed by atoms with Gasteiger partial charge in [0.25, 0.3) is 0 Å². The van der Waals surface area contributed by atoms with Crippen LogP contribution in [0.15, 0.2) is 23.1 Å². The fourth-order valence-electron chi connectivity index (χ4n) is 1.62. The SMILES string of the molecule is CC[C@@H](C)C/C=C\[C@@H](C)C/C(C)=C/SC(C)(C)NN. The summed E-state index contributed by atoms with van der Waals surface area (Å²) < 4.78 is 0. The molecular weight excluding hydrogens is 252 g/mol. The highest BCUT2D eigenvalue weighted by atomic mass is 32.2. The van der Waals surface area contributed by atoms with Gasteiger partial charge in [-0.15, -0.1) is 11.8 Å². The first-order valence-corrected chi connectivity index (χ1v) is 8.16. The Balaban J connectivity index is 4.11. The Hall–Kier alpha value is -0.250. The van der Waals surface area contributed by atoms with Gasteiger partial charge >= 0.3 is 0 Å². The molecule has 0 saturated heterocycles. The van der Waals surface area contributed by atoms with Crippen LogP contribution in [0.2, 0.25) is 0 Å². The molecule has 0 fully saturated rings. The van der Waals surface area contributed by atoms with E-state index < -0.39 is 0 Å². The summed E-state index contributed by atoms with van der Waals surface area (Å²) in [5.41, 5.74) is 4.22. The van der Waals surface area contributed by atoms with Crippen molar-refractivity contribution in [1.29, 1.82) is 0 Å². The van der Waals surface area contributed by atoms with Crippen LogP contribution in [0.4, 0.5) is 0 Å². The van der Waals surface area contributed by atoms with E-state index in [1.54, 1.807) is 11.8 Å². The molecule has 0 aliphatic heterocycles. The van der Waals surface area contributed by atoms with Gasteiger partial charge in [-0.05, 0) is 50.9 Å². The Morgan fingerprint density at radius 3 is 2.53 bits per heavy atom. The second-order valence-electron chi connectivity index (χ2n) is 6.10. The predicted molar refractivity (Wildman–Crippen MR) is 89.7 cm³/mol. The van der Waals surface area contributed by atoms with Crippen molar-refractivity contribution in [1.82, 2.24) is 5.43 Å². The van der Waals surface area contributed by atoms with Crippen LogP contribution in [-0.4, -0.2) is 4.87 Å². The van der Waals surface area contributed by atoms with E-state index in [-0.39, 0.29) is 4.87 Å². The number of hydrazine groups is 1. The average Bonchev–Trinajstić information content (AvgIpc) is 2.36. The molecule has 3 N–H and O–H groups in total. The first-order chi connectivity index (χ1) is 8.80. The number of rotatable bonds is 9. The topological polar surface area (TPSA) is 38.0 Å². The summed E-state index contributed by atoms with van der Waals surface area (Å²) in [6.45, 7) is 13.2. The average molecular weight is 285 g/mol. The zero-order chi connectivity index (χ0) is 14.9. The maximum absolute atomic E-state index is 5.49. The molecule has 0 bridgehead atoms. The van der Waals surface area contributed by atoms with Crippen molar-refractivity contribution in [2.24, 2.45) is 17.7 Å². The van der Waals surface area contributed by atoms with Gasteiger partial charge in [0, 0.05) is 0 Å². The van der Waals surface area contributed by atoms with Crippen LogP contribution in [0.25, 0.3) is 0 Å². The van der Waals surface area contributed by atoms with Gasteiger partial charge in [-0.25, -0.2) is 5.43 Å². The minimum absolute atomic E-state index is 0.100. The Labute approximate surface area is 124 Å². The van der Waals surface area contributed by atoms with E-state index in [0.717, 1.165) is 12.3 Å². The van der Waals surface area contributed by atoms with Crippen molar-refractivity contribution in [3.05, 3.63) is 23.1 Å². The Bertz CT molecular complexity index is 295. The molecule has 0 spiro atoms. The van der Waals surface area contributed by atoms with E-state index in [2.05, 4.69) is 64.5 Å². The van der Waals surface area contributed by atoms with Crippen molar-refractivity contribution in [3.8, 4) is 0 Å². The second kappa shape index (κ2) is 9.62. The fraction of sp³-hybridized carbons (Fsp3) is 0.750. The zero-order valence-corrected chi connectivity index (χ0v) is 14.3. The molecule has 112 valence electrons. The van der Waals surface area contributed by atoms with Gasteiger partial charge in [-0.2, -0.15) is 0 Å². The van der Waals surface area contributed by atoms with Gasteiger partial charge in [-0.1, -0.05) is 44.9 Å². The van der Waals surface area contributed by atoms with Crippen molar-refractivity contribution < 1.29 is 0 Å². The first kappa shape index (κ1) is 18.8. The fourth-order valence-corrected chi connectivity index (χ4v) is 2.28. The van der Waals surface area contributed by atoms with E-state index in [4.69, 9.17) is 5.84 Å². The van der Waals surface area contributed by atoms with E-state index in [0.29, 0.717) is 5.92 Å². The first-order valence-electron chi connectivity index (χ1n) is 7.28. The monoisotopic (exact) mass is 284 g/mol. The maximum Gasteiger partial charge on any atom is 0.0755 e. The van der Waals surface area contributed by atoms with Crippen molar-refractivity contribution in [3.63, 3.8) is 0 Å². The number of nitrogens with two attached hydrogens (primary N) is 1. The lowest BCUT2D eigenvalue weighted by atomic mass is 10.00. The lowest BCUT2D eigenvalue weighted by Crippen LogP contribution is -2.40. The number of allylic oxidation sites excluding steroid dienone is 3. The molecule has 0 amide bonds. The normalized spacial score (nSPS) is 16.9. The third kappa shape index (κ3) is 10.2. The van der Waals surface area contributed by atoms with Crippen LogP contribution >= 0.6 is 11.8 Å². The van der Waals surface area contributed by atoms with Gasteiger partial charge in [0.2, 0.25) is 0 Å². The lowest BCUT2D eigenvalue weighted by molar-refractivity contribution is 0.566. The van der Waals surface area contributed by atoms with Crippen molar-refractivity contribution >= 4 is 11.8 Å². The maximum atomic E-state index is 5.49. The van der Waals surface area contributed by atoms with Crippen LogP contribution in [0, 0.1) is 11.8 Å². The minimum atomic E-state index is -0.100. The molecule has 0 rings (SSSR count). The number of thioether (sulfide) groups is 1. The van der Waals surface area contributed by atoms with Crippen LogP contribution < -0.4 is 11.3 Å². The number of hydrogen-bond donors (Lipinski definition) is 2. The molecule has 0 aromatic heterocycles. The summed E-state index contributed by atoms with van der Waals surface area (Å²) in [6, 6.07) is 0. The van der Waals surface area contributed by atoms with Crippen molar-refractivity contribution in [2.75, 3.05) is 0 Å². The summed E-state index contributed by atoms with van der Waals surface area (Å²) in [5, 5.41) is 2.22. The highest BCUT2D eigenvalue weighted by Gasteiger charge is 2.13. The van der Waals surface area contributed by atoms with Gasteiger partial charge in [0.1, 0.15) is 0 Å². The van der Waals surface area contributed by atoms with E-state index in [9.17, 15) is 0 Å². The predicted octanol–water partition coefficient (Wildman–Crippen LogP) is 4.84. The zero-order valence-electron chi connectivity index (χ0n) is 13.5. The summed E-state index contributed by atoms with van der Waals surface area (Å²) in [4.78, 5) is -0.100. The minimum Gasteiger partial charge on any atom is -0.270 e. The molecule has 2 nitrogen and oxygen atoms in total. The summed E-state index contributed by atoms with van der Waals surface area (Å²) in [5.74, 6) is 6.89. The number of hydrogen-bond acceptors (Lipinski definition) is 3. The molecule has 0 aromatic carbocycles. The van der Waals surface area contributed by atoms with Crippen LogP contribution in [0.1, 0.15) is 60.8 Å². The highest BCUT2D eigenvalue weighted by molar-refractivity contribution is 8.03. The molecule has 0 saturated carbocycles. The molecule has 0 unspecified atom stereocenters. The highest BCUT2D eigenvalue weighted by Crippen LogP contribution is 2.25. The van der Waals surface area contributed by atoms with E-state index in [1.807, 2.05) is 0 Å². The smallest absolute Gasteiger partial charge is 0.0755 e. The molecule has 0 radical (unpaired) electrons. The molecular formula is C16H32N2S. The molecule has 0 aliphatic rings. The van der Waals surface area contributed by atoms with Gasteiger partial charge in [0.05, 0.1) is 4.87 Å². The molecule has 19 heavy (non-hydrogen) atoms. The van der Waals surface area contributed by atoms with Crippen LogP contribution in [0.5, 0.6) is 0 Å². The number of nitrogens with one attached hydrogen (secondary N) is 1. The molecule has 0 aliphatic carbocycles. The Morgan fingerprint density at radius 2 is 2.00 bits per heavy atom. The third-order valence-corrected chi connectivity index (χ3v) is 4.47. The van der Waals surface area contributed by atoms with Crippen LogP contribution in [-0.2, 0) is 0 Å². The molecule has 0 aromatic rings. The van der Waals surface area contributed by atoms with Gasteiger partial charge in [0.15, 0.2) is 0 Å². The summed E-state index contributed by atoms with van der Waals surface area (Å²) in [7, 11) is 0. The summed E-state index contributed by atoms with van der Waals surface area (Å²) >= 11 is 1.74. The van der Waals surface area contributed by atoms with E-state index >= 15 is 0 Å². The summed E-state index contributed by atoms with van der Waals surface area (Å²) in [6.07, 6.45) is 8.26. The Kier molecular flexibility index (Phi) is 9.50. The molecule has 0 heterocycles. The molecule has 2 atom stereocenters. The lowest BCUT2D eigenvalue weighted by Gasteiger charge is -2.21. The van der Waals surface area contributed by atoms with Crippen molar-refractivity contribution in [2.45, 2.75) is 65.7 Å². The standard InChI is InChI=1S/C16H32N2S/c1-7-13(2)9-8-10-14(3)11-15(4)12-19-16(5,6)18-17/h8,10,12-14,18H,7,9,11,17H2,1-6H3/b10-8-,15-12+/t13-,14-/m1/s1. The van der Waals surface area contributed by atoms with Gasteiger partial charge in [-0.3, -0.25) is 5.84 Å².